The van der Waals surface area contributed by atoms with E-state index in [1.54, 1.807) is 35.9 Å². The minimum absolute atomic E-state index is 0.0974. The molecule has 0 spiro atoms. The first kappa shape index (κ1) is 17.6. The molecule has 1 aromatic carbocycles. The predicted octanol–water partition coefficient (Wildman–Crippen LogP) is 5.16. The molecular weight excluding hydrogens is 385 g/mol. The fourth-order valence-electron chi connectivity index (χ4n) is 2.57. The average Bonchev–Trinajstić information content (AvgIpc) is 3.38. The molecular formula is C19H14FN3O2S2. The van der Waals surface area contributed by atoms with E-state index in [1.165, 1.54) is 23.5 Å². The highest BCUT2D eigenvalue weighted by Gasteiger charge is 2.17. The molecule has 0 radical (unpaired) electrons. The lowest BCUT2D eigenvalue weighted by Crippen LogP contribution is -2.15. The van der Waals surface area contributed by atoms with E-state index >= 15 is 0 Å². The molecule has 4 aromatic rings. The van der Waals surface area contributed by atoms with Gasteiger partial charge in [-0.25, -0.2) is 14.4 Å². The highest BCUT2D eigenvalue weighted by atomic mass is 32.1. The Hall–Kier alpha value is -2.84. The third-order valence-corrected chi connectivity index (χ3v) is 5.35. The van der Waals surface area contributed by atoms with Crippen LogP contribution in [-0.4, -0.2) is 15.9 Å². The molecule has 1 amide bonds. The van der Waals surface area contributed by atoms with Crippen LogP contribution in [0, 0.1) is 12.7 Å². The molecule has 0 aliphatic heterocycles. The molecule has 8 heteroatoms. The Kier molecular flexibility index (Phi) is 4.83. The number of hydrogen-bond acceptors (Lipinski definition) is 6. The summed E-state index contributed by atoms with van der Waals surface area (Å²) in [6, 6.07) is 7.92. The molecule has 3 heterocycles. The number of benzene rings is 1. The first-order valence-electron chi connectivity index (χ1n) is 8.08. The molecule has 27 heavy (non-hydrogen) atoms. The number of aryl methyl sites for hydroxylation is 1. The highest BCUT2D eigenvalue weighted by Crippen LogP contribution is 2.31. The van der Waals surface area contributed by atoms with Crippen molar-refractivity contribution in [2.24, 2.45) is 0 Å². The van der Waals surface area contributed by atoms with E-state index < -0.39 is 0 Å². The molecule has 1 N–H and O–H groups in total. The molecule has 136 valence electrons. The lowest BCUT2D eigenvalue weighted by Gasteiger charge is -2.05. The zero-order chi connectivity index (χ0) is 18.8. The molecule has 0 unspecified atom stereocenters. The summed E-state index contributed by atoms with van der Waals surface area (Å²) >= 11 is 2.87. The molecule has 0 atom stereocenters. The van der Waals surface area contributed by atoms with Gasteiger partial charge in [0.1, 0.15) is 22.3 Å². The van der Waals surface area contributed by atoms with Gasteiger partial charge in [-0.3, -0.25) is 4.79 Å². The maximum absolute atomic E-state index is 13.1. The summed E-state index contributed by atoms with van der Waals surface area (Å²) in [5, 5.41) is 7.38. The van der Waals surface area contributed by atoms with Crippen LogP contribution in [0.15, 0.2) is 51.0 Å². The summed E-state index contributed by atoms with van der Waals surface area (Å²) < 4.78 is 18.8. The van der Waals surface area contributed by atoms with Gasteiger partial charge in [-0.05, 0) is 42.6 Å². The van der Waals surface area contributed by atoms with Gasteiger partial charge in [0, 0.05) is 16.5 Å². The molecule has 4 rings (SSSR count). The quantitative estimate of drug-likeness (QED) is 0.504. The minimum atomic E-state index is -0.317. The van der Waals surface area contributed by atoms with Crippen LogP contribution in [0.5, 0.6) is 0 Å². The van der Waals surface area contributed by atoms with Gasteiger partial charge in [-0.15, -0.1) is 11.3 Å². The van der Waals surface area contributed by atoms with E-state index in [4.69, 9.17) is 4.42 Å². The monoisotopic (exact) mass is 399 g/mol. The smallest absolute Gasteiger partial charge is 0.231 e. The van der Waals surface area contributed by atoms with Crippen molar-refractivity contribution in [1.82, 2.24) is 9.97 Å². The van der Waals surface area contributed by atoms with Gasteiger partial charge < -0.3 is 9.73 Å². The Morgan fingerprint density at radius 1 is 1.22 bits per heavy atom. The maximum Gasteiger partial charge on any atom is 0.231 e. The number of nitrogens with one attached hydrogen (secondary N) is 1. The Bertz CT molecular complexity index is 1070. The van der Waals surface area contributed by atoms with E-state index in [2.05, 4.69) is 15.3 Å². The zero-order valence-corrected chi connectivity index (χ0v) is 15.9. The zero-order valence-electron chi connectivity index (χ0n) is 14.2. The van der Waals surface area contributed by atoms with Crippen molar-refractivity contribution in [3.8, 4) is 22.7 Å². The first-order valence-corrected chi connectivity index (χ1v) is 9.90. The number of rotatable bonds is 5. The van der Waals surface area contributed by atoms with Crippen LogP contribution < -0.4 is 5.32 Å². The van der Waals surface area contributed by atoms with Crippen molar-refractivity contribution in [2.45, 2.75) is 13.3 Å². The molecule has 0 saturated heterocycles. The van der Waals surface area contributed by atoms with Crippen molar-refractivity contribution in [1.29, 1.82) is 0 Å². The number of halogens is 1. The van der Waals surface area contributed by atoms with E-state index in [-0.39, 0.29) is 18.1 Å². The Morgan fingerprint density at radius 2 is 2.04 bits per heavy atom. The van der Waals surface area contributed by atoms with Crippen molar-refractivity contribution < 1.29 is 13.6 Å². The molecule has 0 saturated carbocycles. The summed E-state index contributed by atoms with van der Waals surface area (Å²) in [7, 11) is 0. The lowest BCUT2D eigenvalue weighted by molar-refractivity contribution is -0.115. The molecule has 0 aliphatic rings. The van der Waals surface area contributed by atoms with Crippen molar-refractivity contribution >= 4 is 33.6 Å². The maximum atomic E-state index is 13.1. The van der Waals surface area contributed by atoms with Gasteiger partial charge in [0.05, 0.1) is 17.6 Å². The van der Waals surface area contributed by atoms with Gasteiger partial charge >= 0.3 is 0 Å². The van der Waals surface area contributed by atoms with Crippen LogP contribution in [0.3, 0.4) is 0 Å². The fourth-order valence-corrected chi connectivity index (χ4v) is 3.92. The predicted molar refractivity (Wildman–Crippen MR) is 104 cm³/mol. The van der Waals surface area contributed by atoms with Gasteiger partial charge in [-0.2, -0.15) is 11.3 Å². The summed E-state index contributed by atoms with van der Waals surface area (Å²) in [6.45, 7) is 1.79. The van der Waals surface area contributed by atoms with E-state index in [0.29, 0.717) is 28.0 Å². The third-order valence-electron chi connectivity index (χ3n) is 3.93. The standard InChI is InChI=1S/C19H14FN3O2S2/c1-11-15(22-18(25-11)13-6-7-26-9-13)8-16(24)23-19-17(21-10-27-19)12-2-4-14(20)5-3-12/h2-7,9-10H,8H2,1H3,(H,23,24). The van der Waals surface area contributed by atoms with Gasteiger partial charge in [0.15, 0.2) is 0 Å². The largest absolute Gasteiger partial charge is 0.441 e. The number of thiazole rings is 1. The minimum Gasteiger partial charge on any atom is -0.441 e. The van der Waals surface area contributed by atoms with E-state index in [9.17, 15) is 9.18 Å². The Balaban J connectivity index is 1.50. The van der Waals surface area contributed by atoms with Crippen LogP contribution >= 0.6 is 22.7 Å². The molecule has 0 fully saturated rings. The normalized spacial score (nSPS) is 10.9. The number of carbonyl (C=O) groups excluding carboxylic acids is 1. The number of amides is 1. The summed E-state index contributed by atoms with van der Waals surface area (Å²) in [5.41, 5.74) is 4.50. The topological polar surface area (TPSA) is 68.0 Å². The van der Waals surface area contributed by atoms with E-state index in [0.717, 1.165) is 11.1 Å². The lowest BCUT2D eigenvalue weighted by atomic mass is 10.1. The van der Waals surface area contributed by atoms with Crippen LogP contribution in [0.1, 0.15) is 11.5 Å². The van der Waals surface area contributed by atoms with Crippen LogP contribution in [0.2, 0.25) is 0 Å². The molecule has 0 bridgehead atoms. The van der Waals surface area contributed by atoms with Gasteiger partial charge in [-0.1, -0.05) is 0 Å². The molecule has 3 aromatic heterocycles. The number of carbonyl (C=O) groups is 1. The number of hydrogen-bond donors (Lipinski definition) is 1. The van der Waals surface area contributed by atoms with E-state index in [1.807, 2.05) is 16.8 Å². The average molecular weight is 399 g/mol. The Labute approximate surface area is 162 Å². The number of anilines is 1. The summed E-state index contributed by atoms with van der Waals surface area (Å²) in [5.74, 6) is 0.606. The molecule has 5 nitrogen and oxygen atoms in total. The van der Waals surface area contributed by atoms with Crippen molar-refractivity contribution in [3.63, 3.8) is 0 Å². The highest BCUT2D eigenvalue weighted by molar-refractivity contribution is 7.14. The SMILES string of the molecule is Cc1oc(-c2ccsc2)nc1CC(=O)Nc1scnc1-c1ccc(F)cc1. The van der Waals surface area contributed by atoms with Gasteiger partial charge in [0.2, 0.25) is 11.8 Å². The molecule has 0 aliphatic carbocycles. The third kappa shape index (κ3) is 3.81. The number of nitrogens with zero attached hydrogens (tertiary/aromatic N) is 2. The van der Waals surface area contributed by atoms with Crippen molar-refractivity contribution in [2.75, 3.05) is 5.32 Å². The second-order valence-corrected chi connectivity index (χ2v) is 7.43. The first-order chi connectivity index (χ1) is 13.1. The summed E-state index contributed by atoms with van der Waals surface area (Å²) in [4.78, 5) is 21.2. The number of thiophene rings is 1. The summed E-state index contributed by atoms with van der Waals surface area (Å²) in [6.07, 6.45) is 0.0974. The van der Waals surface area contributed by atoms with Crippen molar-refractivity contribution in [3.05, 3.63) is 63.9 Å². The van der Waals surface area contributed by atoms with Gasteiger partial charge in [0.25, 0.3) is 0 Å². The second kappa shape index (κ2) is 7.42. The van der Waals surface area contributed by atoms with Crippen LogP contribution in [0.25, 0.3) is 22.7 Å². The fraction of sp³-hybridized carbons (Fsp3) is 0.105. The van der Waals surface area contributed by atoms with Crippen LogP contribution in [-0.2, 0) is 11.2 Å². The Morgan fingerprint density at radius 3 is 2.78 bits per heavy atom. The van der Waals surface area contributed by atoms with Crippen LogP contribution in [0.4, 0.5) is 9.39 Å². The number of aromatic nitrogens is 2. The second-order valence-electron chi connectivity index (χ2n) is 5.80. The number of oxazole rings is 1.